The van der Waals surface area contributed by atoms with Crippen molar-refractivity contribution in [1.82, 2.24) is 0 Å². The van der Waals surface area contributed by atoms with Crippen LogP contribution < -0.4 is 0 Å². The molecule has 1 fully saturated rings. The van der Waals surface area contributed by atoms with Gasteiger partial charge in [-0.2, -0.15) is 0 Å². The van der Waals surface area contributed by atoms with Crippen molar-refractivity contribution in [2.45, 2.75) is 32.8 Å². The lowest BCUT2D eigenvalue weighted by Gasteiger charge is -2.24. The summed E-state index contributed by atoms with van der Waals surface area (Å²) in [6, 6.07) is 3.81. The molecule has 0 aliphatic heterocycles. The highest BCUT2D eigenvalue weighted by molar-refractivity contribution is 7.11. The van der Waals surface area contributed by atoms with Crippen molar-refractivity contribution in [2.75, 3.05) is 13.2 Å². The molecule has 1 aliphatic carbocycles. The Bertz CT molecular complexity index is 560. The number of rotatable bonds is 6. The van der Waals surface area contributed by atoms with Gasteiger partial charge in [0.15, 0.2) is 5.41 Å². The average molecular weight is 338 g/mol. The minimum absolute atomic E-state index is 0.000269. The Hall–Kier alpha value is -1.66. The van der Waals surface area contributed by atoms with Crippen LogP contribution in [0.25, 0.3) is 5.57 Å². The Morgan fingerprint density at radius 3 is 2.39 bits per heavy atom. The molecule has 126 valence electrons. The molecule has 0 spiro atoms. The van der Waals surface area contributed by atoms with Gasteiger partial charge in [-0.15, -0.1) is 11.3 Å². The SMILES string of the molecule is C=C(c1cccs1)[C@@H]1CC(C(=O)OCC)(C(=O)OCC)C[C@H]1O. The molecule has 0 aromatic carbocycles. The van der Waals surface area contributed by atoms with Gasteiger partial charge in [-0.3, -0.25) is 9.59 Å². The molecule has 5 nitrogen and oxygen atoms in total. The summed E-state index contributed by atoms with van der Waals surface area (Å²) in [5.41, 5.74) is -0.709. The smallest absolute Gasteiger partial charge is 0.323 e. The van der Waals surface area contributed by atoms with Crippen LogP contribution in [-0.2, 0) is 19.1 Å². The van der Waals surface area contributed by atoms with Gasteiger partial charge in [0.25, 0.3) is 0 Å². The van der Waals surface area contributed by atoms with Gasteiger partial charge >= 0.3 is 11.9 Å². The second-order valence-corrected chi connectivity index (χ2v) is 6.56. The molecule has 2 atom stereocenters. The molecule has 23 heavy (non-hydrogen) atoms. The molecule has 2 rings (SSSR count). The molecular formula is C17H22O5S. The van der Waals surface area contributed by atoms with Crippen LogP contribution in [0.2, 0.25) is 0 Å². The zero-order chi connectivity index (χ0) is 17.0. The van der Waals surface area contributed by atoms with Crippen LogP contribution in [0.3, 0.4) is 0 Å². The molecule has 6 heteroatoms. The van der Waals surface area contributed by atoms with E-state index < -0.39 is 23.5 Å². The van der Waals surface area contributed by atoms with Gasteiger partial charge in [0, 0.05) is 17.2 Å². The summed E-state index contributed by atoms with van der Waals surface area (Å²) >= 11 is 1.51. The lowest BCUT2D eigenvalue weighted by molar-refractivity contribution is -0.172. The minimum Gasteiger partial charge on any atom is -0.465 e. The molecule has 1 heterocycles. The van der Waals surface area contributed by atoms with Gasteiger partial charge in [0.05, 0.1) is 19.3 Å². The summed E-state index contributed by atoms with van der Waals surface area (Å²) in [6.07, 6.45) is -0.680. The van der Waals surface area contributed by atoms with Gasteiger partial charge < -0.3 is 14.6 Å². The fraction of sp³-hybridized carbons (Fsp3) is 0.529. The normalized spacial score (nSPS) is 22.6. The summed E-state index contributed by atoms with van der Waals surface area (Å²) < 4.78 is 10.2. The Morgan fingerprint density at radius 2 is 1.91 bits per heavy atom. The third kappa shape index (κ3) is 3.33. The summed E-state index contributed by atoms with van der Waals surface area (Å²) in [5, 5.41) is 12.4. The third-order valence-electron chi connectivity index (χ3n) is 4.21. The maximum atomic E-state index is 12.4. The fourth-order valence-electron chi connectivity index (χ4n) is 3.05. The van der Waals surface area contributed by atoms with E-state index in [-0.39, 0.29) is 32.0 Å². The first kappa shape index (κ1) is 17.7. The van der Waals surface area contributed by atoms with Crippen LogP contribution in [0.4, 0.5) is 0 Å². The molecule has 1 saturated carbocycles. The highest BCUT2D eigenvalue weighted by Crippen LogP contribution is 2.49. The van der Waals surface area contributed by atoms with Gasteiger partial charge in [-0.05, 0) is 37.3 Å². The molecule has 1 aromatic rings. The van der Waals surface area contributed by atoms with E-state index in [0.29, 0.717) is 0 Å². The van der Waals surface area contributed by atoms with Crippen molar-refractivity contribution in [3.8, 4) is 0 Å². The van der Waals surface area contributed by atoms with E-state index >= 15 is 0 Å². The van der Waals surface area contributed by atoms with Crippen LogP contribution in [0, 0.1) is 11.3 Å². The molecule has 0 amide bonds. The summed E-state index contributed by atoms with van der Waals surface area (Å²) in [7, 11) is 0. The van der Waals surface area contributed by atoms with Crippen molar-refractivity contribution >= 4 is 28.8 Å². The topological polar surface area (TPSA) is 72.8 Å². The number of aliphatic hydroxyl groups is 1. The molecular weight excluding hydrogens is 316 g/mol. The van der Waals surface area contributed by atoms with Crippen molar-refractivity contribution in [3.63, 3.8) is 0 Å². The molecule has 0 unspecified atom stereocenters. The Labute approximate surface area is 139 Å². The van der Waals surface area contributed by atoms with E-state index in [1.807, 2.05) is 17.5 Å². The first-order chi connectivity index (χ1) is 11.0. The van der Waals surface area contributed by atoms with E-state index in [9.17, 15) is 14.7 Å². The largest absolute Gasteiger partial charge is 0.465 e. The van der Waals surface area contributed by atoms with Gasteiger partial charge in [-0.1, -0.05) is 12.6 Å². The van der Waals surface area contributed by atoms with E-state index in [1.54, 1.807) is 13.8 Å². The zero-order valence-electron chi connectivity index (χ0n) is 13.4. The van der Waals surface area contributed by atoms with Crippen molar-refractivity contribution in [2.24, 2.45) is 11.3 Å². The maximum absolute atomic E-state index is 12.4. The number of ether oxygens (including phenoxy) is 2. The number of aliphatic hydroxyl groups excluding tert-OH is 1. The highest BCUT2D eigenvalue weighted by Gasteiger charge is 2.58. The average Bonchev–Trinajstić information content (AvgIpc) is 3.15. The predicted molar refractivity (Wildman–Crippen MR) is 87.8 cm³/mol. The Balaban J connectivity index is 2.29. The Morgan fingerprint density at radius 1 is 1.30 bits per heavy atom. The van der Waals surface area contributed by atoms with Gasteiger partial charge in [0.2, 0.25) is 0 Å². The van der Waals surface area contributed by atoms with Gasteiger partial charge in [-0.25, -0.2) is 0 Å². The monoisotopic (exact) mass is 338 g/mol. The molecule has 1 aromatic heterocycles. The molecule has 0 saturated heterocycles. The molecule has 1 N–H and O–H groups in total. The van der Waals surface area contributed by atoms with E-state index in [4.69, 9.17) is 9.47 Å². The van der Waals surface area contributed by atoms with E-state index in [1.165, 1.54) is 11.3 Å². The second kappa shape index (κ2) is 7.27. The minimum atomic E-state index is -1.45. The number of esters is 2. The number of carbonyl (C=O) groups is 2. The quantitative estimate of drug-likeness (QED) is 0.638. The first-order valence-electron chi connectivity index (χ1n) is 7.71. The zero-order valence-corrected chi connectivity index (χ0v) is 14.2. The van der Waals surface area contributed by atoms with Crippen LogP contribution in [0.15, 0.2) is 24.1 Å². The van der Waals surface area contributed by atoms with Crippen molar-refractivity contribution in [3.05, 3.63) is 29.0 Å². The standard InChI is InChI=1S/C17H22O5S/c1-4-21-15(19)17(16(20)22-5-2)9-12(13(18)10-17)11(3)14-7-6-8-23-14/h6-8,12-13,18H,3-5,9-10H2,1-2H3/t12-,13+/m0/s1. The Kier molecular flexibility index (Phi) is 5.59. The summed E-state index contributed by atoms with van der Waals surface area (Å²) in [6.45, 7) is 7.77. The first-order valence-corrected chi connectivity index (χ1v) is 8.59. The van der Waals surface area contributed by atoms with Crippen LogP contribution in [0.1, 0.15) is 31.6 Å². The maximum Gasteiger partial charge on any atom is 0.323 e. The molecule has 1 aliphatic rings. The molecule has 0 radical (unpaired) electrons. The summed E-state index contributed by atoms with van der Waals surface area (Å²) in [4.78, 5) is 25.8. The summed E-state index contributed by atoms with van der Waals surface area (Å²) in [5.74, 6) is -1.62. The second-order valence-electron chi connectivity index (χ2n) is 5.61. The van der Waals surface area contributed by atoms with Crippen LogP contribution in [0.5, 0.6) is 0 Å². The predicted octanol–water partition coefficient (Wildman–Crippen LogP) is 2.64. The van der Waals surface area contributed by atoms with E-state index in [2.05, 4.69) is 6.58 Å². The number of hydrogen-bond acceptors (Lipinski definition) is 6. The van der Waals surface area contributed by atoms with Crippen molar-refractivity contribution in [1.29, 1.82) is 0 Å². The highest BCUT2D eigenvalue weighted by atomic mass is 32.1. The van der Waals surface area contributed by atoms with Crippen LogP contribution >= 0.6 is 11.3 Å². The third-order valence-corrected chi connectivity index (χ3v) is 5.15. The number of carbonyl (C=O) groups excluding carboxylic acids is 2. The molecule has 0 bridgehead atoms. The lowest BCUT2D eigenvalue weighted by atomic mass is 9.84. The van der Waals surface area contributed by atoms with Gasteiger partial charge in [0.1, 0.15) is 0 Å². The van der Waals surface area contributed by atoms with E-state index in [0.717, 1.165) is 10.5 Å². The van der Waals surface area contributed by atoms with Crippen molar-refractivity contribution < 1.29 is 24.2 Å². The lowest BCUT2D eigenvalue weighted by Crippen LogP contribution is -2.40. The number of thiophene rings is 1. The fourth-order valence-corrected chi connectivity index (χ4v) is 3.81. The number of hydrogen-bond donors (Lipinski definition) is 1. The van der Waals surface area contributed by atoms with Crippen LogP contribution in [-0.4, -0.2) is 36.4 Å².